The number of fused-ring (bicyclic) bond motifs is 1. The van der Waals surface area contributed by atoms with E-state index in [4.69, 9.17) is 4.98 Å². The van der Waals surface area contributed by atoms with Crippen LogP contribution in [0, 0.1) is 6.92 Å². The summed E-state index contributed by atoms with van der Waals surface area (Å²) in [7, 11) is -3.97. The first-order chi connectivity index (χ1) is 17.0. The number of aromatic nitrogens is 1. The number of aryl methyl sites for hydroxylation is 1. The van der Waals surface area contributed by atoms with Gasteiger partial charge in [0.05, 0.1) is 22.3 Å². The molecule has 36 heavy (non-hydrogen) atoms. The Bertz CT molecular complexity index is 1570. The average molecular weight is 540 g/mol. The summed E-state index contributed by atoms with van der Waals surface area (Å²) < 4.78 is 29.4. The highest BCUT2D eigenvalue weighted by Gasteiger charge is 2.50. The Morgan fingerprint density at radius 1 is 1.06 bits per heavy atom. The highest BCUT2D eigenvalue weighted by Crippen LogP contribution is 2.36. The number of amides is 2. The van der Waals surface area contributed by atoms with Crippen LogP contribution in [0.5, 0.6) is 0 Å². The summed E-state index contributed by atoms with van der Waals surface area (Å²) in [6.45, 7) is 7.23. The maximum absolute atomic E-state index is 13.5. The first-order valence-electron chi connectivity index (χ1n) is 11.4. The highest BCUT2D eigenvalue weighted by molar-refractivity contribution is 7.91. The van der Waals surface area contributed by atoms with Crippen molar-refractivity contribution in [3.05, 3.63) is 65.5 Å². The van der Waals surface area contributed by atoms with Crippen molar-refractivity contribution in [1.82, 2.24) is 9.29 Å². The lowest BCUT2D eigenvalue weighted by Gasteiger charge is -2.37. The van der Waals surface area contributed by atoms with E-state index >= 15 is 0 Å². The summed E-state index contributed by atoms with van der Waals surface area (Å²) in [5.74, 6) is -0.970. The Balaban J connectivity index is 1.45. The largest absolute Gasteiger partial charge is 0.274 e. The molecule has 5 rings (SSSR count). The van der Waals surface area contributed by atoms with E-state index in [0.717, 1.165) is 37.0 Å². The zero-order valence-corrected chi connectivity index (χ0v) is 22.7. The van der Waals surface area contributed by atoms with Crippen LogP contribution in [-0.2, 0) is 19.6 Å². The molecule has 1 aliphatic rings. The van der Waals surface area contributed by atoms with Crippen molar-refractivity contribution >= 4 is 60.4 Å². The third-order valence-electron chi connectivity index (χ3n) is 5.99. The molecule has 1 aliphatic heterocycles. The van der Waals surface area contributed by atoms with Crippen LogP contribution >= 0.6 is 22.7 Å². The lowest BCUT2D eigenvalue weighted by atomic mass is 10.1. The van der Waals surface area contributed by atoms with Crippen molar-refractivity contribution in [3.63, 3.8) is 0 Å². The van der Waals surface area contributed by atoms with Gasteiger partial charge >= 0.3 is 0 Å². The zero-order chi connectivity index (χ0) is 25.8. The van der Waals surface area contributed by atoms with Crippen molar-refractivity contribution in [2.75, 3.05) is 4.90 Å². The van der Waals surface area contributed by atoms with Gasteiger partial charge in [-0.1, -0.05) is 12.1 Å². The van der Waals surface area contributed by atoms with Gasteiger partial charge in [-0.2, -0.15) is 4.31 Å². The fraction of sp³-hybridized carbons (Fsp3) is 0.269. The first kappa shape index (κ1) is 24.8. The number of benzene rings is 2. The summed E-state index contributed by atoms with van der Waals surface area (Å²) in [5, 5.41) is 2.52. The maximum Gasteiger partial charge on any atom is 0.253 e. The summed E-state index contributed by atoms with van der Waals surface area (Å²) in [5.41, 5.74) is 2.47. The fourth-order valence-electron chi connectivity index (χ4n) is 4.48. The minimum atomic E-state index is -3.97. The quantitative estimate of drug-likeness (QED) is 0.315. The molecule has 1 unspecified atom stereocenters. The van der Waals surface area contributed by atoms with E-state index in [-0.39, 0.29) is 10.6 Å². The number of nitrogens with zero attached hydrogens (tertiary/aromatic N) is 3. The highest BCUT2D eigenvalue weighted by atomic mass is 32.2. The minimum Gasteiger partial charge on any atom is -0.274 e. The summed E-state index contributed by atoms with van der Waals surface area (Å²) in [4.78, 5) is 32.3. The van der Waals surface area contributed by atoms with Crippen LogP contribution in [0.1, 0.15) is 32.8 Å². The van der Waals surface area contributed by atoms with Crippen LogP contribution in [0.25, 0.3) is 20.8 Å². The van der Waals surface area contributed by atoms with Crippen molar-refractivity contribution in [3.8, 4) is 10.6 Å². The van der Waals surface area contributed by atoms with Gasteiger partial charge in [-0.25, -0.2) is 18.3 Å². The van der Waals surface area contributed by atoms with Crippen LogP contribution in [-0.4, -0.2) is 41.1 Å². The van der Waals surface area contributed by atoms with Gasteiger partial charge < -0.3 is 0 Å². The molecule has 7 nitrogen and oxygen atoms in total. The van der Waals surface area contributed by atoms with E-state index in [9.17, 15) is 18.0 Å². The predicted molar refractivity (Wildman–Crippen MR) is 144 cm³/mol. The van der Waals surface area contributed by atoms with Gasteiger partial charge in [-0.05, 0) is 81.1 Å². The third-order valence-corrected chi connectivity index (χ3v) is 10.6. The Kier molecular flexibility index (Phi) is 6.11. The average Bonchev–Trinajstić information content (AvgIpc) is 3.53. The second-order valence-corrected chi connectivity index (χ2v) is 13.7. The number of sulfonamides is 1. The Labute approximate surface area is 218 Å². The minimum absolute atomic E-state index is 0.145. The molecular weight excluding hydrogens is 515 g/mol. The van der Waals surface area contributed by atoms with E-state index in [1.165, 1.54) is 15.9 Å². The lowest BCUT2D eigenvalue weighted by Crippen LogP contribution is -2.54. The predicted octanol–water partition coefficient (Wildman–Crippen LogP) is 5.45. The molecule has 2 aromatic carbocycles. The van der Waals surface area contributed by atoms with Crippen molar-refractivity contribution in [2.24, 2.45) is 0 Å². The van der Waals surface area contributed by atoms with Gasteiger partial charge in [0.1, 0.15) is 15.3 Å². The number of carbonyl (C=O) groups is 2. The van der Waals surface area contributed by atoms with Crippen LogP contribution in [0.3, 0.4) is 0 Å². The topological polar surface area (TPSA) is 87.7 Å². The van der Waals surface area contributed by atoms with Crippen molar-refractivity contribution < 1.29 is 18.0 Å². The molecule has 0 N–H and O–H groups in total. The Morgan fingerprint density at radius 3 is 2.42 bits per heavy atom. The van der Waals surface area contributed by atoms with Gasteiger partial charge in [0.25, 0.3) is 15.9 Å². The molecule has 3 heterocycles. The molecular formula is C26H25N3O4S3. The number of imide groups is 1. The first-order valence-corrected chi connectivity index (χ1v) is 14.5. The summed E-state index contributed by atoms with van der Waals surface area (Å²) >= 11 is 2.67. The number of hydrogen-bond acceptors (Lipinski definition) is 7. The number of thiazole rings is 1. The van der Waals surface area contributed by atoms with Crippen molar-refractivity contribution in [2.45, 2.75) is 49.9 Å². The molecule has 0 spiro atoms. The van der Waals surface area contributed by atoms with E-state index < -0.39 is 33.4 Å². The van der Waals surface area contributed by atoms with Gasteiger partial charge in [-0.15, -0.1) is 22.7 Å². The number of hydrogen-bond donors (Lipinski definition) is 0. The SMILES string of the molecule is Cc1ccc2nc(-c3ccc(N4C(=O)CC(N(C(C)(C)C)S(=O)(=O)c5cccs5)C4=O)cc3)sc2c1. The van der Waals surface area contributed by atoms with E-state index in [2.05, 4.69) is 6.07 Å². The van der Waals surface area contributed by atoms with Crippen molar-refractivity contribution in [1.29, 1.82) is 0 Å². The summed E-state index contributed by atoms with van der Waals surface area (Å²) in [6, 6.07) is 15.2. The standard InChI is InChI=1S/C26H25N3O4S3/c1-16-7-12-19-21(14-16)35-24(27-19)17-8-10-18(11-9-17)28-22(30)15-20(25(28)31)29(26(2,3)4)36(32,33)23-6-5-13-34-23/h5-14,20H,15H2,1-4H3. The maximum atomic E-state index is 13.5. The van der Waals surface area contributed by atoms with Crippen LogP contribution in [0.2, 0.25) is 0 Å². The number of rotatable bonds is 5. The molecule has 10 heteroatoms. The Morgan fingerprint density at radius 2 is 1.78 bits per heavy atom. The molecule has 2 amide bonds. The smallest absolute Gasteiger partial charge is 0.253 e. The molecule has 0 radical (unpaired) electrons. The molecule has 4 aromatic rings. The molecule has 0 bridgehead atoms. The second-order valence-electron chi connectivity index (χ2n) is 9.73. The zero-order valence-electron chi connectivity index (χ0n) is 20.3. The van der Waals surface area contributed by atoms with E-state index in [0.29, 0.717) is 5.69 Å². The number of thiophene rings is 1. The van der Waals surface area contributed by atoms with Gasteiger partial charge in [0, 0.05) is 11.1 Å². The number of carbonyl (C=O) groups excluding carboxylic acids is 2. The molecule has 1 atom stereocenters. The molecule has 1 saturated heterocycles. The lowest BCUT2D eigenvalue weighted by molar-refractivity contribution is -0.122. The van der Waals surface area contributed by atoms with E-state index in [1.807, 2.05) is 31.2 Å². The Hall–Kier alpha value is -2.92. The van der Waals surface area contributed by atoms with Gasteiger partial charge in [0.2, 0.25) is 5.91 Å². The molecule has 1 fully saturated rings. The van der Waals surface area contributed by atoms with E-state index in [1.54, 1.807) is 55.7 Å². The second kappa shape index (κ2) is 8.88. The van der Waals surface area contributed by atoms with Gasteiger partial charge in [0.15, 0.2) is 0 Å². The van der Waals surface area contributed by atoms with Gasteiger partial charge in [-0.3, -0.25) is 9.59 Å². The third kappa shape index (κ3) is 4.28. The molecule has 0 saturated carbocycles. The number of anilines is 1. The molecule has 186 valence electrons. The normalized spacial score (nSPS) is 17.0. The van der Waals surface area contributed by atoms with Crippen LogP contribution < -0.4 is 4.90 Å². The van der Waals surface area contributed by atoms with Crippen LogP contribution in [0.4, 0.5) is 5.69 Å². The molecule has 2 aromatic heterocycles. The fourth-order valence-corrected chi connectivity index (χ4v) is 8.56. The monoisotopic (exact) mass is 539 g/mol. The molecule has 0 aliphatic carbocycles. The van der Waals surface area contributed by atoms with Crippen LogP contribution in [0.15, 0.2) is 64.2 Å². The summed E-state index contributed by atoms with van der Waals surface area (Å²) in [6.07, 6.45) is -0.209.